The van der Waals surface area contributed by atoms with E-state index in [2.05, 4.69) is 27.2 Å². The predicted octanol–water partition coefficient (Wildman–Crippen LogP) is 2.18. The Morgan fingerprint density at radius 1 is 1.23 bits per heavy atom. The average molecular weight is 299 g/mol. The molecule has 1 aliphatic heterocycles. The van der Waals surface area contributed by atoms with E-state index in [1.807, 2.05) is 18.2 Å². The zero-order chi connectivity index (χ0) is 14.9. The van der Waals surface area contributed by atoms with Crippen molar-refractivity contribution in [3.05, 3.63) is 47.6 Å². The van der Waals surface area contributed by atoms with Crippen LogP contribution in [0.1, 0.15) is 42.6 Å². The Kier molecular flexibility index (Phi) is 3.68. The third-order valence-electron chi connectivity index (χ3n) is 4.54. The summed E-state index contributed by atoms with van der Waals surface area (Å²) in [6, 6.07) is 10.2. The van der Waals surface area contributed by atoms with Crippen LogP contribution in [0.25, 0.3) is 0 Å². The fourth-order valence-electron chi connectivity index (χ4n) is 3.22. The topological polar surface area (TPSA) is 62.4 Å². The first-order valence-corrected chi connectivity index (χ1v) is 8.06. The molecule has 0 radical (unpaired) electrons. The van der Waals surface area contributed by atoms with Gasteiger partial charge in [-0.25, -0.2) is 0 Å². The summed E-state index contributed by atoms with van der Waals surface area (Å²) in [4.78, 5) is 6.88. The van der Waals surface area contributed by atoms with Crippen LogP contribution >= 0.6 is 0 Å². The number of rotatable bonds is 5. The van der Waals surface area contributed by atoms with Gasteiger partial charge in [0.1, 0.15) is 0 Å². The van der Waals surface area contributed by atoms with Gasteiger partial charge in [0.15, 0.2) is 5.82 Å². The Balaban J connectivity index is 1.47. The first-order valence-electron chi connectivity index (χ1n) is 8.06. The molecule has 0 amide bonds. The summed E-state index contributed by atoms with van der Waals surface area (Å²) < 4.78 is 5.49. The van der Waals surface area contributed by atoms with Crippen LogP contribution in [0, 0.1) is 5.92 Å². The van der Waals surface area contributed by atoms with Gasteiger partial charge in [0.2, 0.25) is 5.89 Å². The SMILES string of the molecule is O[C@@H]1C[C@@H](c2nc(Cc3ccccc3)no2)N(CC2CC2)C1. The quantitative estimate of drug-likeness (QED) is 0.917. The average Bonchev–Trinajstić information content (AvgIpc) is 3.08. The van der Waals surface area contributed by atoms with Gasteiger partial charge in [0.05, 0.1) is 12.1 Å². The Morgan fingerprint density at radius 3 is 2.82 bits per heavy atom. The molecule has 2 fully saturated rings. The molecule has 1 aliphatic carbocycles. The van der Waals surface area contributed by atoms with Crippen molar-refractivity contribution < 1.29 is 9.63 Å². The Labute approximate surface area is 130 Å². The van der Waals surface area contributed by atoms with E-state index >= 15 is 0 Å². The molecule has 1 saturated heterocycles. The van der Waals surface area contributed by atoms with Crippen molar-refractivity contribution in [3.8, 4) is 0 Å². The predicted molar refractivity (Wildman–Crippen MR) is 81.2 cm³/mol. The molecule has 5 heteroatoms. The van der Waals surface area contributed by atoms with Gasteiger partial charge in [-0.15, -0.1) is 0 Å². The number of hydrogen-bond acceptors (Lipinski definition) is 5. The van der Waals surface area contributed by atoms with E-state index in [1.54, 1.807) is 0 Å². The summed E-state index contributed by atoms with van der Waals surface area (Å²) in [5, 5.41) is 14.1. The molecule has 116 valence electrons. The summed E-state index contributed by atoms with van der Waals surface area (Å²) >= 11 is 0. The number of aliphatic hydroxyl groups is 1. The lowest BCUT2D eigenvalue weighted by Gasteiger charge is -2.20. The van der Waals surface area contributed by atoms with Crippen molar-refractivity contribution in [2.75, 3.05) is 13.1 Å². The molecule has 0 spiro atoms. The maximum atomic E-state index is 9.98. The zero-order valence-electron chi connectivity index (χ0n) is 12.6. The number of benzene rings is 1. The van der Waals surface area contributed by atoms with Crippen LogP contribution in [-0.4, -0.2) is 39.3 Å². The number of likely N-dealkylation sites (tertiary alicyclic amines) is 1. The fourth-order valence-corrected chi connectivity index (χ4v) is 3.22. The minimum atomic E-state index is -0.284. The molecule has 1 saturated carbocycles. The van der Waals surface area contributed by atoms with E-state index < -0.39 is 0 Å². The molecule has 2 aromatic rings. The van der Waals surface area contributed by atoms with E-state index in [9.17, 15) is 5.11 Å². The van der Waals surface area contributed by atoms with Gasteiger partial charge in [-0.3, -0.25) is 4.90 Å². The van der Waals surface area contributed by atoms with Gasteiger partial charge >= 0.3 is 0 Å². The lowest BCUT2D eigenvalue weighted by Crippen LogP contribution is -2.27. The largest absolute Gasteiger partial charge is 0.392 e. The van der Waals surface area contributed by atoms with Crippen molar-refractivity contribution >= 4 is 0 Å². The Morgan fingerprint density at radius 2 is 2.05 bits per heavy atom. The molecule has 1 aromatic carbocycles. The minimum Gasteiger partial charge on any atom is -0.392 e. The van der Waals surface area contributed by atoms with Gasteiger partial charge in [-0.1, -0.05) is 35.5 Å². The Hall–Kier alpha value is -1.72. The standard InChI is InChI=1S/C17H21N3O2/c21-14-9-15(20(11-14)10-13-6-7-13)17-18-16(19-22-17)8-12-4-2-1-3-5-12/h1-5,13-15,21H,6-11H2/t14-,15+/m1/s1. The monoisotopic (exact) mass is 299 g/mol. The van der Waals surface area contributed by atoms with Crippen LogP contribution in [-0.2, 0) is 6.42 Å². The third-order valence-corrected chi connectivity index (χ3v) is 4.54. The normalized spacial score (nSPS) is 25.7. The van der Waals surface area contributed by atoms with Crippen molar-refractivity contribution in [2.24, 2.45) is 5.92 Å². The molecule has 2 atom stereocenters. The highest BCUT2D eigenvalue weighted by Crippen LogP contribution is 2.37. The van der Waals surface area contributed by atoms with Crippen molar-refractivity contribution in [2.45, 2.75) is 37.8 Å². The Bertz CT molecular complexity index is 624. The van der Waals surface area contributed by atoms with Crippen LogP contribution in [0.3, 0.4) is 0 Å². The smallest absolute Gasteiger partial charge is 0.244 e. The van der Waals surface area contributed by atoms with Crippen molar-refractivity contribution in [1.82, 2.24) is 15.0 Å². The molecule has 2 heterocycles. The summed E-state index contributed by atoms with van der Waals surface area (Å²) in [6.45, 7) is 1.76. The third kappa shape index (κ3) is 3.05. The molecule has 5 nitrogen and oxygen atoms in total. The maximum absolute atomic E-state index is 9.98. The molecular formula is C17H21N3O2. The molecule has 4 rings (SSSR count). The van der Waals surface area contributed by atoms with Gasteiger partial charge < -0.3 is 9.63 Å². The van der Waals surface area contributed by atoms with E-state index in [1.165, 1.54) is 18.4 Å². The molecular weight excluding hydrogens is 278 g/mol. The van der Waals surface area contributed by atoms with Crippen LogP contribution in [0.15, 0.2) is 34.9 Å². The molecule has 1 aromatic heterocycles. The fraction of sp³-hybridized carbons (Fsp3) is 0.529. The van der Waals surface area contributed by atoms with Gasteiger partial charge in [-0.2, -0.15) is 4.98 Å². The van der Waals surface area contributed by atoms with Crippen LogP contribution in [0.2, 0.25) is 0 Å². The highest BCUT2D eigenvalue weighted by atomic mass is 16.5. The first kappa shape index (κ1) is 13.9. The van der Waals surface area contributed by atoms with Crippen LogP contribution < -0.4 is 0 Å². The maximum Gasteiger partial charge on any atom is 0.244 e. The second-order valence-corrected chi connectivity index (χ2v) is 6.51. The van der Waals surface area contributed by atoms with E-state index in [0.29, 0.717) is 24.6 Å². The molecule has 22 heavy (non-hydrogen) atoms. The number of aliphatic hydroxyl groups excluding tert-OH is 1. The first-order chi connectivity index (χ1) is 10.8. The summed E-state index contributed by atoms with van der Waals surface area (Å²) in [5.41, 5.74) is 1.18. The lowest BCUT2D eigenvalue weighted by molar-refractivity contribution is 0.170. The molecule has 0 bridgehead atoms. The number of aromatic nitrogens is 2. The molecule has 2 aliphatic rings. The number of nitrogens with zero attached hydrogens (tertiary/aromatic N) is 3. The van der Waals surface area contributed by atoms with Crippen LogP contribution in [0.5, 0.6) is 0 Å². The second kappa shape index (κ2) is 5.82. The van der Waals surface area contributed by atoms with Crippen molar-refractivity contribution in [1.29, 1.82) is 0 Å². The number of β-amino-alcohol motifs (C(OH)–C–C–N with tert-alkyl or cyclic N) is 1. The summed E-state index contributed by atoms with van der Waals surface area (Å²) in [7, 11) is 0. The van der Waals surface area contributed by atoms with Crippen LogP contribution in [0.4, 0.5) is 0 Å². The summed E-state index contributed by atoms with van der Waals surface area (Å²) in [5.74, 6) is 2.16. The number of hydrogen-bond donors (Lipinski definition) is 1. The second-order valence-electron chi connectivity index (χ2n) is 6.51. The molecule has 0 unspecified atom stereocenters. The van der Waals surface area contributed by atoms with Crippen molar-refractivity contribution in [3.63, 3.8) is 0 Å². The molecule has 1 N–H and O–H groups in total. The van der Waals surface area contributed by atoms with E-state index in [0.717, 1.165) is 19.0 Å². The van der Waals surface area contributed by atoms with Gasteiger partial charge in [0, 0.05) is 19.5 Å². The lowest BCUT2D eigenvalue weighted by atomic mass is 10.1. The zero-order valence-corrected chi connectivity index (χ0v) is 12.6. The van der Waals surface area contributed by atoms with Gasteiger partial charge in [0.25, 0.3) is 0 Å². The van der Waals surface area contributed by atoms with Gasteiger partial charge in [-0.05, 0) is 30.7 Å². The highest BCUT2D eigenvalue weighted by Gasteiger charge is 2.38. The van der Waals surface area contributed by atoms with E-state index in [4.69, 9.17) is 4.52 Å². The highest BCUT2D eigenvalue weighted by molar-refractivity contribution is 5.18. The minimum absolute atomic E-state index is 0.0765. The summed E-state index contributed by atoms with van der Waals surface area (Å²) in [6.07, 6.45) is 3.71. The van der Waals surface area contributed by atoms with E-state index in [-0.39, 0.29) is 12.1 Å².